The molecule has 0 saturated carbocycles. The Bertz CT molecular complexity index is 1130. The molecule has 0 saturated heterocycles. The van der Waals surface area contributed by atoms with Crippen molar-refractivity contribution in [3.05, 3.63) is 69.4 Å². The lowest BCUT2D eigenvalue weighted by atomic mass is 10.00. The minimum absolute atomic E-state index is 0.137. The second-order valence-electron chi connectivity index (χ2n) is 6.42. The maximum absolute atomic E-state index is 12.9. The van der Waals surface area contributed by atoms with Gasteiger partial charge in [0.2, 0.25) is 0 Å². The monoisotopic (exact) mass is 372 g/mol. The van der Waals surface area contributed by atoms with Gasteiger partial charge in [0.15, 0.2) is 5.43 Å². The van der Waals surface area contributed by atoms with E-state index in [9.17, 15) is 13.2 Å². The Kier molecular flexibility index (Phi) is 4.73. The van der Waals surface area contributed by atoms with E-state index in [2.05, 4.69) is 0 Å². The molecule has 0 N–H and O–H groups in total. The van der Waals surface area contributed by atoms with Crippen molar-refractivity contribution in [3.8, 4) is 11.3 Å². The summed E-state index contributed by atoms with van der Waals surface area (Å²) >= 11 is 0. The quantitative estimate of drug-likeness (QED) is 0.644. The summed E-state index contributed by atoms with van der Waals surface area (Å²) in [5.74, 6) is 0.472. The van der Waals surface area contributed by atoms with Crippen molar-refractivity contribution in [2.45, 2.75) is 26.9 Å². The van der Waals surface area contributed by atoms with Gasteiger partial charge in [-0.1, -0.05) is 30.3 Å². The van der Waals surface area contributed by atoms with Crippen LogP contribution in [0.4, 0.5) is 0 Å². The average molecular weight is 372 g/mol. The summed E-state index contributed by atoms with van der Waals surface area (Å²) in [5, 5.41) is 0.418. The Morgan fingerprint density at radius 2 is 1.73 bits per heavy atom. The molecule has 1 atom stereocenters. The van der Waals surface area contributed by atoms with E-state index in [0.717, 1.165) is 17.4 Å². The Morgan fingerprint density at radius 3 is 2.35 bits per heavy atom. The van der Waals surface area contributed by atoms with Gasteiger partial charge in [0.1, 0.15) is 17.4 Å². The van der Waals surface area contributed by atoms with Gasteiger partial charge >= 0.3 is 0 Å². The van der Waals surface area contributed by atoms with Crippen LogP contribution in [-0.2, 0) is 14.3 Å². The Hall–Kier alpha value is -2.44. The summed E-state index contributed by atoms with van der Waals surface area (Å²) in [6, 6.07) is 12.9. The molecular weight excluding hydrogens is 352 g/mol. The highest BCUT2D eigenvalue weighted by atomic mass is 32.2. The summed E-state index contributed by atoms with van der Waals surface area (Å²) in [7, 11) is -3.65. The predicted molar refractivity (Wildman–Crippen MR) is 102 cm³/mol. The Balaban J connectivity index is 2.33. The molecule has 0 bridgehead atoms. The molecule has 1 heterocycles. The first-order valence-corrected chi connectivity index (χ1v) is 10.0. The van der Waals surface area contributed by atoms with Crippen molar-refractivity contribution in [1.82, 2.24) is 0 Å². The van der Waals surface area contributed by atoms with Gasteiger partial charge < -0.3 is 4.42 Å². The van der Waals surface area contributed by atoms with Crippen molar-refractivity contribution >= 4 is 21.1 Å². The third kappa shape index (κ3) is 3.57. The summed E-state index contributed by atoms with van der Waals surface area (Å²) < 4.78 is 34.3. The summed E-state index contributed by atoms with van der Waals surface area (Å²) in [5.41, 5.74) is 2.86. The molecule has 2 aromatic carbocycles. The van der Waals surface area contributed by atoms with Gasteiger partial charge in [-0.3, -0.25) is 8.98 Å². The number of fused-ring (bicyclic) bond motifs is 1. The first kappa shape index (κ1) is 18.4. The molecule has 0 unspecified atom stereocenters. The van der Waals surface area contributed by atoms with E-state index in [0.29, 0.717) is 27.9 Å². The lowest BCUT2D eigenvalue weighted by Gasteiger charge is -2.16. The van der Waals surface area contributed by atoms with E-state index < -0.39 is 16.2 Å². The van der Waals surface area contributed by atoms with Crippen LogP contribution in [-0.4, -0.2) is 14.7 Å². The van der Waals surface area contributed by atoms with Crippen LogP contribution in [0.5, 0.6) is 0 Å². The normalized spacial score (nSPS) is 13.1. The summed E-state index contributed by atoms with van der Waals surface area (Å²) in [4.78, 5) is 12.9. The fraction of sp³-hybridized carbons (Fsp3) is 0.250. The highest BCUT2D eigenvalue weighted by molar-refractivity contribution is 7.86. The van der Waals surface area contributed by atoms with E-state index in [4.69, 9.17) is 8.60 Å². The standard InChI is InChI=1S/C20H20O5S/c1-12-10-16(14(3)25-26(4,22)23)20-17(11-12)18(21)13(2)19(24-20)15-8-6-5-7-9-15/h5-11,14H,1-4H3/t14-/m0/s1. The van der Waals surface area contributed by atoms with E-state index in [-0.39, 0.29) is 5.43 Å². The van der Waals surface area contributed by atoms with Gasteiger partial charge in [0, 0.05) is 16.7 Å². The van der Waals surface area contributed by atoms with Crippen molar-refractivity contribution < 1.29 is 17.0 Å². The van der Waals surface area contributed by atoms with Crippen LogP contribution in [0.15, 0.2) is 51.7 Å². The van der Waals surface area contributed by atoms with Crippen LogP contribution in [0.2, 0.25) is 0 Å². The molecule has 0 fully saturated rings. The van der Waals surface area contributed by atoms with Crippen LogP contribution >= 0.6 is 0 Å². The Morgan fingerprint density at radius 1 is 1.08 bits per heavy atom. The maximum Gasteiger partial charge on any atom is 0.264 e. The smallest absolute Gasteiger partial charge is 0.264 e. The zero-order valence-corrected chi connectivity index (χ0v) is 15.9. The van der Waals surface area contributed by atoms with Gasteiger partial charge in [-0.2, -0.15) is 8.42 Å². The third-order valence-electron chi connectivity index (χ3n) is 4.19. The molecule has 5 nitrogen and oxygen atoms in total. The second kappa shape index (κ2) is 6.70. The molecule has 0 aliphatic carbocycles. The molecule has 6 heteroatoms. The van der Waals surface area contributed by atoms with Crippen LogP contribution in [0, 0.1) is 13.8 Å². The van der Waals surface area contributed by atoms with Crippen LogP contribution in [0.1, 0.15) is 29.7 Å². The minimum atomic E-state index is -3.65. The zero-order chi connectivity index (χ0) is 19.1. The molecule has 3 rings (SSSR count). The van der Waals surface area contributed by atoms with Gasteiger partial charge in [-0.05, 0) is 38.5 Å². The summed E-state index contributed by atoms with van der Waals surface area (Å²) in [6.07, 6.45) is 0.221. The van der Waals surface area contributed by atoms with E-state index in [1.807, 2.05) is 37.3 Å². The van der Waals surface area contributed by atoms with Gasteiger partial charge in [-0.25, -0.2) is 0 Å². The lowest BCUT2D eigenvalue weighted by Crippen LogP contribution is -2.12. The van der Waals surface area contributed by atoms with Gasteiger partial charge in [0.05, 0.1) is 11.6 Å². The SMILES string of the molecule is Cc1cc([C@H](C)OS(C)(=O)=O)c2oc(-c3ccccc3)c(C)c(=O)c2c1. The fourth-order valence-corrected chi connectivity index (χ4v) is 3.68. The van der Waals surface area contributed by atoms with Gasteiger partial charge in [0.25, 0.3) is 10.1 Å². The molecular formula is C20H20O5S. The van der Waals surface area contributed by atoms with Crippen molar-refractivity contribution in [1.29, 1.82) is 0 Å². The lowest BCUT2D eigenvalue weighted by molar-refractivity contribution is 0.236. The molecule has 1 aromatic heterocycles. The second-order valence-corrected chi connectivity index (χ2v) is 8.03. The minimum Gasteiger partial charge on any atom is -0.455 e. The van der Waals surface area contributed by atoms with Crippen molar-refractivity contribution in [2.75, 3.05) is 6.26 Å². The third-order valence-corrected chi connectivity index (χ3v) is 4.82. The fourth-order valence-electron chi connectivity index (χ4n) is 3.05. The molecule has 0 amide bonds. The molecule has 0 radical (unpaired) electrons. The number of hydrogen-bond acceptors (Lipinski definition) is 5. The number of aryl methyl sites for hydroxylation is 1. The van der Waals surface area contributed by atoms with Gasteiger partial charge in [-0.15, -0.1) is 0 Å². The van der Waals surface area contributed by atoms with Crippen LogP contribution in [0.25, 0.3) is 22.3 Å². The largest absolute Gasteiger partial charge is 0.455 e. The highest BCUT2D eigenvalue weighted by Crippen LogP contribution is 2.32. The maximum atomic E-state index is 12.9. The average Bonchev–Trinajstić information content (AvgIpc) is 2.57. The first-order valence-electron chi connectivity index (χ1n) is 8.19. The van der Waals surface area contributed by atoms with Crippen molar-refractivity contribution in [3.63, 3.8) is 0 Å². The number of hydrogen-bond donors (Lipinski definition) is 0. The molecule has 26 heavy (non-hydrogen) atoms. The number of benzene rings is 2. The Labute approximate surface area is 152 Å². The first-order chi connectivity index (χ1) is 12.2. The molecule has 0 aliphatic heterocycles. The highest BCUT2D eigenvalue weighted by Gasteiger charge is 2.21. The predicted octanol–water partition coefficient (Wildman–Crippen LogP) is 4.11. The van der Waals surface area contributed by atoms with Crippen molar-refractivity contribution in [2.24, 2.45) is 0 Å². The molecule has 0 aliphatic rings. The van der Waals surface area contributed by atoms with E-state index in [1.54, 1.807) is 26.0 Å². The molecule has 136 valence electrons. The van der Waals surface area contributed by atoms with Crippen LogP contribution in [0.3, 0.4) is 0 Å². The topological polar surface area (TPSA) is 73.6 Å². The zero-order valence-electron chi connectivity index (χ0n) is 15.1. The molecule has 0 spiro atoms. The van der Waals surface area contributed by atoms with E-state index >= 15 is 0 Å². The van der Waals surface area contributed by atoms with Crippen LogP contribution < -0.4 is 5.43 Å². The number of rotatable bonds is 4. The van der Waals surface area contributed by atoms with E-state index in [1.165, 1.54) is 0 Å². The summed E-state index contributed by atoms with van der Waals surface area (Å²) in [6.45, 7) is 5.19. The molecule has 3 aromatic rings.